The van der Waals surface area contributed by atoms with Crippen molar-refractivity contribution in [2.24, 2.45) is 0 Å². The van der Waals surface area contributed by atoms with Crippen LogP contribution in [0.25, 0.3) is 0 Å². The van der Waals surface area contributed by atoms with Crippen molar-refractivity contribution >= 4 is 5.97 Å². The summed E-state index contributed by atoms with van der Waals surface area (Å²) in [7, 11) is 0. The van der Waals surface area contributed by atoms with Gasteiger partial charge in [0.1, 0.15) is 11.9 Å². The molecule has 0 radical (unpaired) electrons. The first-order valence-electron chi connectivity index (χ1n) is 7.27. The van der Waals surface area contributed by atoms with Gasteiger partial charge in [-0.3, -0.25) is 0 Å². The maximum Gasteiger partial charge on any atom is 0.335 e. The number of carbonyl (C=O) groups is 1. The van der Waals surface area contributed by atoms with Gasteiger partial charge in [-0.15, -0.1) is 0 Å². The van der Waals surface area contributed by atoms with E-state index in [9.17, 15) is 4.79 Å². The Morgan fingerprint density at radius 2 is 2.00 bits per heavy atom. The van der Waals surface area contributed by atoms with Crippen molar-refractivity contribution in [2.75, 3.05) is 19.8 Å². The minimum atomic E-state index is -0.389. The molecule has 0 spiro atoms. The molecule has 0 fully saturated rings. The van der Waals surface area contributed by atoms with E-state index in [1.54, 1.807) is 0 Å². The highest BCUT2D eigenvalue weighted by molar-refractivity contribution is 5.87. The van der Waals surface area contributed by atoms with Crippen molar-refractivity contribution in [3.05, 3.63) is 42.5 Å². The molecule has 0 aliphatic heterocycles. The number of ether oxygens (including phenoxy) is 3. The van der Waals surface area contributed by atoms with Crippen molar-refractivity contribution in [1.82, 2.24) is 0 Å². The van der Waals surface area contributed by atoms with Crippen molar-refractivity contribution in [2.45, 2.75) is 32.8 Å². The summed E-state index contributed by atoms with van der Waals surface area (Å²) in [4.78, 5) is 11.6. The van der Waals surface area contributed by atoms with E-state index in [1.165, 1.54) is 0 Å². The number of unbranched alkanes of at least 4 members (excludes halogenated alkanes) is 1. The average molecular weight is 292 g/mol. The average Bonchev–Trinajstić information content (AvgIpc) is 2.48. The summed E-state index contributed by atoms with van der Waals surface area (Å²) in [5.41, 5.74) is 0.331. The molecule has 4 nitrogen and oxygen atoms in total. The zero-order valence-corrected chi connectivity index (χ0v) is 12.8. The van der Waals surface area contributed by atoms with E-state index in [0.29, 0.717) is 18.8 Å². The molecule has 0 aromatic heterocycles. The minimum absolute atomic E-state index is 0.101. The number of carbonyl (C=O) groups excluding carboxylic acids is 1. The predicted molar refractivity (Wildman–Crippen MR) is 82.4 cm³/mol. The molecule has 0 aliphatic rings. The summed E-state index contributed by atoms with van der Waals surface area (Å²) in [6.45, 7) is 8.61. The molecule has 1 aromatic carbocycles. The Morgan fingerprint density at radius 1 is 1.29 bits per heavy atom. The first-order valence-corrected chi connectivity index (χ1v) is 7.27. The minimum Gasteiger partial charge on any atom is -0.488 e. The molecule has 0 amide bonds. The molecular formula is C17H24O4. The summed E-state index contributed by atoms with van der Waals surface area (Å²) >= 11 is 0. The van der Waals surface area contributed by atoms with Crippen LogP contribution >= 0.6 is 0 Å². The highest BCUT2D eigenvalue weighted by Gasteiger charge is 2.10. The molecule has 0 saturated heterocycles. The number of hydrogen-bond acceptors (Lipinski definition) is 4. The predicted octanol–water partition coefficient (Wildman–Crippen LogP) is 3.37. The molecule has 1 aromatic rings. The van der Waals surface area contributed by atoms with E-state index >= 15 is 0 Å². The molecule has 0 saturated carbocycles. The first kappa shape index (κ1) is 17.2. The van der Waals surface area contributed by atoms with Crippen LogP contribution in [0, 0.1) is 0 Å². The maximum atomic E-state index is 11.6. The molecular weight excluding hydrogens is 268 g/mol. The quantitative estimate of drug-likeness (QED) is 0.377. The van der Waals surface area contributed by atoms with Crippen LogP contribution < -0.4 is 4.74 Å². The fourth-order valence-electron chi connectivity index (χ4n) is 1.58. The van der Waals surface area contributed by atoms with Crippen molar-refractivity contribution in [3.63, 3.8) is 0 Å². The van der Waals surface area contributed by atoms with Gasteiger partial charge in [0, 0.05) is 0 Å². The third-order valence-electron chi connectivity index (χ3n) is 2.73. The Hall–Kier alpha value is -1.81. The standard InChI is InChI=1S/C17H24O4/c1-4-5-11-20-17(18)14(2)12-19-13-15(3)21-16-9-7-6-8-10-16/h6-10,15H,2,4-5,11-13H2,1,3H3. The van der Waals surface area contributed by atoms with E-state index < -0.39 is 0 Å². The lowest BCUT2D eigenvalue weighted by atomic mass is 10.3. The van der Waals surface area contributed by atoms with Gasteiger partial charge >= 0.3 is 5.97 Å². The summed E-state index contributed by atoms with van der Waals surface area (Å²) < 4.78 is 16.1. The number of benzene rings is 1. The number of rotatable bonds is 10. The normalized spacial score (nSPS) is 11.7. The van der Waals surface area contributed by atoms with Gasteiger partial charge in [0.25, 0.3) is 0 Å². The van der Waals surface area contributed by atoms with Crippen LogP contribution in [0.15, 0.2) is 42.5 Å². The highest BCUT2D eigenvalue weighted by atomic mass is 16.5. The van der Waals surface area contributed by atoms with Gasteiger partial charge in [0.05, 0.1) is 25.4 Å². The molecule has 0 bridgehead atoms. The second-order valence-electron chi connectivity index (χ2n) is 4.85. The Labute approximate surface area is 126 Å². The highest BCUT2D eigenvalue weighted by Crippen LogP contribution is 2.11. The third kappa shape index (κ3) is 7.51. The molecule has 116 valence electrons. The van der Waals surface area contributed by atoms with Gasteiger partial charge in [-0.25, -0.2) is 4.79 Å². The lowest BCUT2D eigenvalue weighted by Gasteiger charge is -2.15. The van der Waals surface area contributed by atoms with Gasteiger partial charge in [0.15, 0.2) is 0 Å². The zero-order valence-electron chi connectivity index (χ0n) is 12.8. The molecule has 0 heterocycles. The van der Waals surface area contributed by atoms with Crippen LogP contribution in [0.5, 0.6) is 5.75 Å². The topological polar surface area (TPSA) is 44.8 Å². The smallest absolute Gasteiger partial charge is 0.335 e. The zero-order chi connectivity index (χ0) is 15.5. The molecule has 21 heavy (non-hydrogen) atoms. The van der Waals surface area contributed by atoms with Crippen LogP contribution in [0.1, 0.15) is 26.7 Å². The van der Waals surface area contributed by atoms with E-state index in [1.807, 2.05) is 44.2 Å². The Morgan fingerprint density at radius 3 is 2.67 bits per heavy atom. The lowest BCUT2D eigenvalue weighted by Crippen LogP contribution is -2.21. The fraction of sp³-hybridized carbons (Fsp3) is 0.471. The lowest BCUT2D eigenvalue weighted by molar-refractivity contribution is -0.139. The van der Waals surface area contributed by atoms with Crippen molar-refractivity contribution in [1.29, 1.82) is 0 Å². The van der Waals surface area contributed by atoms with E-state index in [2.05, 4.69) is 6.58 Å². The van der Waals surface area contributed by atoms with E-state index in [4.69, 9.17) is 14.2 Å². The Bertz CT molecular complexity index is 428. The van der Waals surface area contributed by atoms with E-state index in [-0.39, 0.29) is 18.7 Å². The van der Waals surface area contributed by atoms with Crippen LogP contribution in [-0.2, 0) is 14.3 Å². The van der Waals surface area contributed by atoms with E-state index in [0.717, 1.165) is 18.6 Å². The number of esters is 1. The van der Waals surface area contributed by atoms with Gasteiger partial charge < -0.3 is 14.2 Å². The largest absolute Gasteiger partial charge is 0.488 e. The Balaban J connectivity index is 2.17. The van der Waals surface area contributed by atoms with Crippen molar-refractivity contribution in [3.8, 4) is 5.75 Å². The van der Waals surface area contributed by atoms with Gasteiger partial charge in [0.2, 0.25) is 0 Å². The molecule has 1 rings (SSSR count). The van der Waals surface area contributed by atoms with Gasteiger partial charge in [-0.2, -0.15) is 0 Å². The second-order valence-corrected chi connectivity index (χ2v) is 4.85. The monoisotopic (exact) mass is 292 g/mol. The maximum absolute atomic E-state index is 11.6. The molecule has 0 N–H and O–H groups in total. The SMILES string of the molecule is C=C(COCC(C)Oc1ccccc1)C(=O)OCCCC. The van der Waals surface area contributed by atoms with Crippen LogP contribution in [-0.4, -0.2) is 31.9 Å². The van der Waals surface area contributed by atoms with Crippen LogP contribution in [0.3, 0.4) is 0 Å². The van der Waals surface area contributed by atoms with Crippen LogP contribution in [0.4, 0.5) is 0 Å². The summed E-state index contributed by atoms with van der Waals surface area (Å²) in [6, 6.07) is 9.54. The molecule has 0 aliphatic carbocycles. The fourth-order valence-corrected chi connectivity index (χ4v) is 1.58. The first-order chi connectivity index (χ1) is 10.1. The van der Waals surface area contributed by atoms with Gasteiger partial charge in [-0.1, -0.05) is 38.1 Å². The molecule has 1 unspecified atom stereocenters. The summed E-state index contributed by atoms with van der Waals surface area (Å²) in [6.07, 6.45) is 1.75. The van der Waals surface area contributed by atoms with Crippen LogP contribution in [0.2, 0.25) is 0 Å². The molecule has 4 heteroatoms. The summed E-state index contributed by atoms with van der Waals surface area (Å²) in [5.74, 6) is 0.409. The molecule has 1 atom stereocenters. The number of para-hydroxylation sites is 1. The third-order valence-corrected chi connectivity index (χ3v) is 2.73. The summed E-state index contributed by atoms with van der Waals surface area (Å²) in [5, 5.41) is 0. The number of hydrogen-bond donors (Lipinski definition) is 0. The second kappa shape index (κ2) is 10.00. The van der Waals surface area contributed by atoms with Gasteiger partial charge in [-0.05, 0) is 25.5 Å². The Kier molecular flexibility index (Phi) is 8.21. The van der Waals surface area contributed by atoms with Crippen molar-refractivity contribution < 1.29 is 19.0 Å².